The number of hydrazine groups is 1. The molecule has 1 saturated heterocycles. The van der Waals surface area contributed by atoms with Crippen molar-refractivity contribution in [3.63, 3.8) is 0 Å². The van der Waals surface area contributed by atoms with E-state index in [1.807, 2.05) is 4.90 Å². The van der Waals surface area contributed by atoms with Gasteiger partial charge in [-0.15, -0.1) is 0 Å². The predicted octanol–water partition coefficient (Wildman–Crippen LogP) is -0.843. The van der Waals surface area contributed by atoms with Crippen LogP contribution in [0.25, 0.3) is 0 Å². The third-order valence-corrected chi connectivity index (χ3v) is 3.02. The molecule has 2 amide bonds. The van der Waals surface area contributed by atoms with Gasteiger partial charge in [0.15, 0.2) is 0 Å². The van der Waals surface area contributed by atoms with Gasteiger partial charge in [0.1, 0.15) is 5.76 Å². The van der Waals surface area contributed by atoms with Crippen molar-refractivity contribution in [1.82, 2.24) is 15.2 Å². The third-order valence-electron chi connectivity index (χ3n) is 3.02. The van der Waals surface area contributed by atoms with E-state index in [-0.39, 0.29) is 11.8 Å². The minimum absolute atomic E-state index is 0.0673. The first kappa shape index (κ1) is 12.6. The number of hydrogen-bond donors (Lipinski definition) is 2. The van der Waals surface area contributed by atoms with Gasteiger partial charge in [0.2, 0.25) is 5.91 Å². The number of carbonyl (C=O) groups excluding carboxylic acids is 2. The number of amides is 2. The first-order valence-electron chi connectivity index (χ1n) is 5.65. The van der Waals surface area contributed by atoms with Gasteiger partial charge in [0, 0.05) is 20.1 Å². The Morgan fingerprint density at radius 3 is 3.00 bits per heavy atom. The van der Waals surface area contributed by atoms with E-state index < -0.39 is 0 Å². The van der Waals surface area contributed by atoms with E-state index in [0.717, 1.165) is 6.54 Å². The topological polar surface area (TPSA) is 91.8 Å². The molecule has 0 atom stereocenters. The number of carbonyl (C=O) groups is 2. The van der Waals surface area contributed by atoms with E-state index in [2.05, 4.69) is 5.43 Å². The quantitative estimate of drug-likeness (QED) is 0.415. The summed E-state index contributed by atoms with van der Waals surface area (Å²) in [6.45, 7) is 2.20. The predicted molar refractivity (Wildman–Crippen MR) is 63.3 cm³/mol. The Morgan fingerprint density at radius 1 is 1.56 bits per heavy atom. The fourth-order valence-corrected chi connectivity index (χ4v) is 1.89. The molecule has 3 N–H and O–H groups in total. The van der Waals surface area contributed by atoms with Gasteiger partial charge in [-0.25, -0.2) is 5.84 Å². The van der Waals surface area contributed by atoms with Crippen LogP contribution in [0, 0.1) is 0 Å². The molecule has 7 heteroatoms. The molecule has 0 saturated carbocycles. The van der Waals surface area contributed by atoms with Gasteiger partial charge in [-0.2, -0.15) is 0 Å². The fraction of sp³-hybridized carbons (Fsp3) is 0.455. The zero-order valence-electron chi connectivity index (χ0n) is 10.2. The molecule has 0 unspecified atom stereocenters. The minimum atomic E-state index is -0.390. The monoisotopic (exact) mass is 252 g/mol. The number of likely N-dealkylation sites (N-methyl/N-ethyl adjacent to an activating group) is 1. The Morgan fingerprint density at radius 2 is 2.33 bits per heavy atom. The van der Waals surface area contributed by atoms with Crippen molar-refractivity contribution in [1.29, 1.82) is 0 Å². The highest BCUT2D eigenvalue weighted by atomic mass is 16.3. The van der Waals surface area contributed by atoms with Crippen LogP contribution in [0.1, 0.15) is 16.1 Å². The van der Waals surface area contributed by atoms with Crippen LogP contribution >= 0.6 is 0 Å². The second kappa shape index (κ2) is 5.19. The average Bonchev–Trinajstić information content (AvgIpc) is 2.81. The number of furan rings is 1. The summed E-state index contributed by atoms with van der Waals surface area (Å²) in [6, 6.07) is 1.56. The molecule has 2 rings (SSSR count). The molecule has 0 bridgehead atoms. The van der Waals surface area contributed by atoms with Crippen LogP contribution in [0.5, 0.6) is 0 Å². The van der Waals surface area contributed by atoms with Gasteiger partial charge in [0.25, 0.3) is 5.91 Å². The zero-order valence-corrected chi connectivity index (χ0v) is 10.2. The van der Waals surface area contributed by atoms with Gasteiger partial charge in [-0.3, -0.25) is 19.9 Å². The average molecular weight is 252 g/mol. The number of piperazine rings is 1. The lowest BCUT2D eigenvalue weighted by Gasteiger charge is -2.31. The summed E-state index contributed by atoms with van der Waals surface area (Å²) in [4.78, 5) is 26.7. The number of nitrogens with zero attached hydrogens (tertiary/aromatic N) is 2. The fourth-order valence-electron chi connectivity index (χ4n) is 1.89. The highest BCUT2D eigenvalue weighted by molar-refractivity contribution is 5.94. The lowest BCUT2D eigenvalue weighted by molar-refractivity contribution is -0.134. The first-order chi connectivity index (χ1) is 8.61. The van der Waals surface area contributed by atoms with Crippen molar-refractivity contribution < 1.29 is 14.0 Å². The van der Waals surface area contributed by atoms with Crippen LogP contribution in [-0.4, -0.2) is 48.3 Å². The molecular formula is C11H16N4O3. The van der Waals surface area contributed by atoms with E-state index >= 15 is 0 Å². The summed E-state index contributed by atoms with van der Waals surface area (Å²) in [5, 5.41) is 0. The highest BCUT2D eigenvalue weighted by Crippen LogP contribution is 2.14. The molecule has 0 radical (unpaired) electrons. The molecule has 0 spiro atoms. The molecule has 2 heterocycles. The second-order valence-corrected chi connectivity index (χ2v) is 4.26. The van der Waals surface area contributed by atoms with Crippen molar-refractivity contribution >= 4 is 11.8 Å². The van der Waals surface area contributed by atoms with Crippen molar-refractivity contribution in [3.8, 4) is 0 Å². The number of nitrogens with one attached hydrogen (secondary N) is 1. The van der Waals surface area contributed by atoms with Crippen LogP contribution in [0.4, 0.5) is 0 Å². The summed E-state index contributed by atoms with van der Waals surface area (Å²) >= 11 is 0. The molecule has 1 aromatic rings. The minimum Gasteiger partial charge on any atom is -0.467 e. The lowest BCUT2D eigenvalue weighted by Crippen LogP contribution is -2.48. The highest BCUT2D eigenvalue weighted by Gasteiger charge is 2.23. The molecule has 0 aromatic carbocycles. The van der Waals surface area contributed by atoms with Crippen LogP contribution in [0.3, 0.4) is 0 Å². The summed E-state index contributed by atoms with van der Waals surface area (Å²) < 4.78 is 5.27. The second-order valence-electron chi connectivity index (χ2n) is 4.26. The Bertz CT molecular complexity index is 457. The largest absolute Gasteiger partial charge is 0.467 e. The summed E-state index contributed by atoms with van der Waals surface area (Å²) in [6.07, 6.45) is 1.44. The molecule has 1 aromatic heterocycles. The van der Waals surface area contributed by atoms with Crippen LogP contribution < -0.4 is 11.3 Å². The SMILES string of the molecule is CN1CCN(Cc2occc2C(=O)NN)CC1=O. The Kier molecular flexibility index (Phi) is 3.63. The van der Waals surface area contributed by atoms with Gasteiger partial charge >= 0.3 is 0 Å². The van der Waals surface area contributed by atoms with Crippen molar-refractivity contribution in [2.75, 3.05) is 26.7 Å². The van der Waals surface area contributed by atoms with Crippen molar-refractivity contribution in [3.05, 3.63) is 23.7 Å². The molecule has 98 valence electrons. The number of nitrogens with two attached hydrogens (primary N) is 1. The number of nitrogen functional groups attached to an aromatic ring is 1. The van der Waals surface area contributed by atoms with E-state index in [1.165, 1.54) is 6.26 Å². The van der Waals surface area contributed by atoms with Crippen LogP contribution in [0.15, 0.2) is 16.7 Å². The van der Waals surface area contributed by atoms with Crippen LogP contribution in [-0.2, 0) is 11.3 Å². The number of rotatable bonds is 3. The molecule has 18 heavy (non-hydrogen) atoms. The normalized spacial score (nSPS) is 17.0. The van der Waals surface area contributed by atoms with E-state index in [4.69, 9.17) is 10.3 Å². The maximum Gasteiger partial charge on any atom is 0.268 e. The Hall–Kier alpha value is -1.86. The maximum absolute atomic E-state index is 11.6. The van der Waals surface area contributed by atoms with Gasteiger partial charge in [-0.05, 0) is 6.07 Å². The van der Waals surface area contributed by atoms with E-state index in [9.17, 15) is 9.59 Å². The van der Waals surface area contributed by atoms with Gasteiger partial charge in [0.05, 0.1) is 24.9 Å². The molecule has 0 aliphatic carbocycles. The molecular weight excluding hydrogens is 236 g/mol. The Balaban J connectivity index is 2.04. The summed E-state index contributed by atoms with van der Waals surface area (Å²) in [5.41, 5.74) is 2.47. The van der Waals surface area contributed by atoms with Crippen molar-refractivity contribution in [2.24, 2.45) is 5.84 Å². The van der Waals surface area contributed by atoms with Crippen molar-refractivity contribution in [2.45, 2.75) is 6.54 Å². The number of hydrogen-bond acceptors (Lipinski definition) is 5. The summed E-state index contributed by atoms with van der Waals surface area (Å²) in [7, 11) is 1.78. The van der Waals surface area contributed by atoms with Gasteiger partial charge < -0.3 is 9.32 Å². The van der Waals surface area contributed by atoms with Crippen LogP contribution in [0.2, 0.25) is 0 Å². The van der Waals surface area contributed by atoms with Gasteiger partial charge in [-0.1, -0.05) is 0 Å². The first-order valence-corrected chi connectivity index (χ1v) is 5.65. The smallest absolute Gasteiger partial charge is 0.268 e. The third kappa shape index (κ3) is 2.52. The standard InChI is InChI=1S/C11H16N4O3/c1-14-3-4-15(7-10(14)16)6-9-8(2-5-18-9)11(17)13-12/h2,5H,3-4,6-7,12H2,1H3,(H,13,17). The van der Waals surface area contributed by atoms with E-state index in [0.29, 0.717) is 31.0 Å². The molecule has 7 nitrogen and oxygen atoms in total. The molecule has 1 aliphatic heterocycles. The Labute approximate surface area is 104 Å². The lowest BCUT2D eigenvalue weighted by atomic mass is 10.2. The summed E-state index contributed by atoms with van der Waals surface area (Å²) in [5.74, 6) is 5.29. The van der Waals surface area contributed by atoms with E-state index in [1.54, 1.807) is 18.0 Å². The molecule has 1 fully saturated rings. The molecule has 1 aliphatic rings. The maximum atomic E-state index is 11.6. The zero-order chi connectivity index (χ0) is 13.1.